The minimum Gasteiger partial charge on any atom is -0.508 e. The summed E-state index contributed by atoms with van der Waals surface area (Å²) >= 11 is 0. The highest BCUT2D eigenvalue weighted by Gasteiger charge is 2.62. The van der Waals surface area contributed by atoms with Crippen molar-refractivity contribution in [3.63, 3.8) is 0 Å². The molecule has 0 aliphatic carbocycles. The molecule has 0 amide bonds. The van der Waals surface area contributed by atoms with Crippen LogP contribution >= 0.6 is 0 Å². The van der Waals surface area contributed by atoms with Crippen molar-refractivity contribution in [2.24, 2.45) is 10.4 Å². The van der Waals surface area contributed by atoms with Crippen molar-refractivity contribution in [3.05, 3.63) is 51.3 Å². The molecule has 2 unspecified atom stereocenters. The first-order valence-electron chi connectivity index (χ1n) is 6.94. The lowest BCUT2D eigenvalue weighted by Crippen LogP contribution is -2.56. The SMILES string of the molecule is O=NC1(O)Cc2c(O)cc(O)cc2OC1(N=O)c1ccc(O)c(O)c1. The molecular weight excluding hydrogens is 336 g/mol. The number of hydrogen-bond donors (Lipinski definition) is 5. The van der Waals surface area contributed by atoms with Crippen LogP contribution in [0.25, 0.3) is 0 Å². The summed E-state index contributed by atoms with van der Waals surface area (Å²) in [6.07, 6.45) is -0.647. The Morgan fingerprint density at radius 1 is 0.920 bits per heavy atom. The summed E-state index contributed by atoms with van der Waals surface area (Å²) in [5.74, 6) is -2.25. The second-order valence-corrected chi connectivity index (χ2v) is 5.57. The van der Waals surface area contributed by atoms with Crippen LogP contribution in [0, 0.1) is 9.81 Å². The third-order valence-electron chi connectivity index (χ3n) is 4.04. The summed E-state index contributed by atoms with van der Waals surface area (Å²) in [4.78, 5) is 23.0. The van der Waals surface area contributed by atoms with Crippen molar-refractivity contribution in [1.82, 2.24) is 0 Å². The number of phenols is 4. The average Bonchev–Trinajstić information content (AvgIpc) is 2.57. The van der Waals surface area contributed by atoms with E-state index < -0.39 is 40.9 Å². The highest BCUT2D eigenvalue weighted by atomic mass is 16.6. The minimum atomic E-state index is -2.76. The molecule has 10 heteroatoms. The van der Waals surface area contributed by atoms with Crippen LogP contribution in [-0.4, -0.2) is 31.3 Å². The average molecular weight is 348 g/mol. The molecule has 0 saturated heterocycles. The van der Waals surface area contributed by atoms with E-state index in [2.05, 4.69) is 10.4 Å². The molecule has 0 fully saturated rings. The molecule has 10 nitrogen and oxygen atoms in total. The molecule has 3 rings (SSSR count). The standard InChI is InChI=1S/C15H12N2O8/c18-8-4-11(20)9-6-14(22,16-23)15(17-24,25-13(9)5-8)7-1-2-10(19)12(21)3-7/h1-5,18-22H,6H2. The molecule has 1 heterocycles. The van der Waals surface area contributed by atoms with E-state index in [1.54, 1.807) is 0 Å². The Hall–Kier alpha value is -3.40. The number of aliphatic hydroxyl groups is 1. The van der Waals surface area contributed by atoms with Crippen LogP contribution in [0.3, 0.4) is 0 Å². The normalized spacial score (nSPS) is 24.8. The lowest BCUT2D eigenvalue weighted by molar-refractivity contribution is -0.145. The van der Waals surface area contributed by atoms with Gasteiger partial charge in [-0.3, -0.25) is 0 Å². The maximum Gasteiger partial charge on any atom is 0.317 e. The second-order valence-electron chi connectivity index (χ2n) is 5.57. The molecule has 5 N–H and O–H groups in total. The van der Waals surface area contributed by atoms with Gasteiger partial charge in [-0.15, -0.1) is 9.81 Å². The van der Waals surface area contributed by atoms with Crippen molar-refractivity contribution in [2.75, 3.05) is 0 Å². The minimum absolute atomic E-state index is 0.0674. The molecule has 25 heavy (non-hydrogen) atoms. The van der Waals surface area contributed by atoms with Crippen molar-refractivity contribution in [2.45, 2.75) is 17.9 Å². The zero-order valence-corrected chi connectivity index (χ0v) is 12.4. The third kappa shape index (κ3) is 2.22. The smallest absolute Gasteiger partial charge is 0.317 e. The molecule has 130 valence electrons. The Labute approximate surface area is 139 Å². The van der Waals surface area contributed by atoms with Gasteiger partial charge in [0, 0.05) is 29.7 Å². The maximum atomic E-state index is 11.6. The second kappa shape index (κ2) is 5.31. The fraction of sp³-hybridized carbons (Fsp3) is 0.200. The van der Waals surface area contributed by atoms with Gasteiger partial charge in [-0.1, -0.05) is 0 Å². The van der Waals surface area contributed by atoms with E-state index in [1.165, 1.54) is 0 Å². The Balaban J connectivity index is 2.28. The quantitative estimate of drug-likeness (QED) is 0.410. The summed E-state index contributed by atoms with van der Waals surface area (Å²) < 4.78 is 5.38. The van der Waals surface area contributed by atoms with Crippen LogP contribution in [-0.2, 0) is 12.1 Å². The summed E-state index contributed by atoms with van der Waals surface area (Å²) in [7, 11) is 0. The molecule has 0 aromatic heterocycles. The number of rotatable bonds is 3. The Morgan fingerprint density at radius 2 is 1.64 bits per heavy atom. The fourth-order valence-corrected chi connectivity index (χ4v) is 2.76. The first kappa shape index (κ1) is 16.5. The van der Waals surface area contributed by atoms with E-state index in [0.29, 0.717) is 0 Å². The van der Waals surface area contributed by atoms with Crippen LogP contribution in [0.15, 0.2) is 40.7 Å². The zero-order valence-electron chi connectivity index (χ0n) is 12.4. The van der Waals surface area contributed by atoms with Gasteiger partial charge in [0.15, 0.2) is 11.5 Å². The molecule has 2 atom stereocenters. The molecule has 1 aliphatic rings. The van der Waals surface area contributed by atoms with Gasteiger partial charge in [0.1, 0.15) is 17.2 Å². The van der Waals surface area contributed by atoms with E-state index in [9.17, 15) is 35.3 Å². The lowest BCUT2D eigenvalue weighted by atomic mass is 9.84. The van der Waals surface area contributed by atoms with Crippen LogP contribution in [0.2, 0.25) is 0 Å². The number of benzene rings is 2. The number of fused-ring (bicyclic) bond motifs is 1. The summed E-state index contributed by atoms with van der Waals surface area (Å²) in [5.41, 5.74) is -5.72. The lowest BCUT2D eigenvalue weighted by Gasteiger charge is -2.41. The maximum absolute atomic E-state index is 11.6. The first-order valence-corrected chi connectivity index (χ1v) is 6.94. The van der Waals surface area contributed by atoms with E-state index in [4.69, 9.17) is 4.74 Å². The van der Waals surface area contributed by atoms with Gasteiger partial charge in [-0.05, 0) is 28.6 Å². The van der Waals surface area contributed by atoms with E-state index >= 15 is 0 Å². The van der Waals surface area contributed by atoms with Crippen LogP contribution in [0.4, 0.5) is 0 Å². The van der Waals surface area contributed by atoms with Crippen LogP contribution in [0.5, 0.6) is 28.7 Å². The van der Waals surface area contributed by atoms with Gasteiger partial charge in [-0.25, -0.2) is 0 Å². The fourth-order valence-electron chi connectivity index (χ4n) is 2.76. The van der Waals surface area contributed by atoms with Crippen LogP contribution < -0.4 is 4.74 Å². The third-order valence-corrected chi connectivity index (χ3v) is 4.04. The molecule has 0 radical (unpaired) electrons. The van der Waals surface area contributed by atoms with Gasteiger partial charge in [0.25, 0.3) is 5.72 Å². The zero-order chi connectivity index (χ0) is 18.4. The summed E-state index contributed by atoms with van der Waals surface area (Å²) in [5, 5.41) is 54.4. The van der Waals surface area contributed by atoms with Gasteiger partial charge >= 0.3 is 5.72 Å². The highest BCUT2D eigenvalue weighted by Crippen LogP contribution is 2.51. The molecule has 1 aliphatic heterocycles. The van der Waals surface area contributed by atoms with E-state index in [0.717, 1.165) is 30.3 Å². The Morgan fingerprint density at radius 3 is 2.24 bits per heavy atom. The van der Waals surface area contributed by atoms with E-state index in [-0.39, 0.29) is 16.9 Å². The van der Waals surface area contributed by atoms with Gasteiger partial charge < -0.3 is 30.3 Å². The number of ether oxygens (including phenoxy) is 1. The Bertz CT molecular complexity index is 886. The summed E-state index contributed by atoms with van der Waals surface area (Å²) in [6.45, 7) is 0. The molecular formula is C15H12N2O8. The van der Waals surface area contributed by atoms with Crippen molar-refractivity contribution in [3.8, 4) is 28.7 Å². The monoisotopic (exact) mass is 348 g/mol. The molecule has 0 saturated carbocycles. The number of hydrogen-bond acceptors (Lipinski definition) is 10. The summed E-state index contributed by atoms with van der Waals surface area (Å²) in [6, 6.07) is 4.99. The predicted molar refractivity (Wildman–Crippen MR) is 82.1 cm³/mol. The van der Waals surface area contributed by atoms with Gasteiger partial charge in [0.05, 0.1) is 0 Å². The van der Waals surface area contributed by atoms with E-state index in [1.807, 2.05) is 0 Å². The van der Waals surface area contributed by atoms with Gasteiger partial charge in [-0.2, -0.15) is 0 Å². The molecule has 2 aromatic rings. The molecule has 0 bridgehead atoms. The number of aromatic hydroxyl groups is 4. The predicted octanol–water partition coefficient (Wildman–Crippen LogP) is 1.52. The number of nitrogens with zero attached hydrogens (tertiary/aromatic N) is 2. The highest BCUT2D eigenvalue weighted by molar-refractivity contribution is 5.54. The largest absolute Gasteiger partial charge is 0.508 e. The van der Waals surface area contributed by atoms with Crippen molar-refractivity contribution >= 4 is 0 Å². The number of nitroso groups, excluding NO2 is 2. The Kier molecular flexibility index (Phi) is 3.50. The van der Waals surface area contributed by atoms with Crippen molar-refractivity contribution < 1.29 is 30.3 Å². The van der Waals surface area contributed by atoms with Crippen molar-refractivity contribution in [1.29, 1.82) is 0 Å². The van der Waals surface area contributed by atoms with Crippen LogP contribution in [0.1, 0.15) is 11.1 Å². The molecule has 0 spiro atoms. The first-order chi connectivity index (χ1) is 11.8. The topological polar surface area (TPSA) is 169 Å². The molecule has 2 aromatic carbocycles. The van der Waals surface area contributed by atoms with Gasteiger partial charge in [0.2, 0.25) is 0 Å². The number of phenolic OH excluding ortho intramolecular Hbond substituents is 4.